The summed E-state index contributed by atoms with van der Waals surface area (Å²) in [6.07, 6.45) is 8.28. The van der Waals surface area contributed by atoms with Crippen LogP contribution in [-0.2, 0) is 19.5 Å². The van der Waals surface area contributed by atoms with Gasteiger partial charge in [0.1, 0.15) is 0 Å². The number of nitrogens with zero attached hydrogens (tertiary/aromatic N) is 4. The van der Waals surface area contributed by atoms with E-state index in [2.05, 4.69) is 90.3 Å². The summed E-state index contributed by atoms with van der Waals surface area (Å²) < 4.78 is 0. The third-order valence-corrected chi connectivity index (χ3v) is 8.24. The zero-order chi connectivity index (χ0) is 30.9. The van der Waals surface area contributed by atoms with Crippen molar-refractivity contribution in [2.24, 2.45) is 5.73 Å². The van der Waals surface area contributed by atoms with Crippen molar-refractivity contribution >= 4 is 52.1 Å². The molecular formula is C40H30N6Zn. The molecule has 8 bridgehead atoms. The van der Waals surface area contributed by atoms with Crippen molar-refractivity contribution in [3.8, 4) is 33.4 Å². The molecule has 0 spiro atoms. The summed E-state index contributed by atoms with van der Waals surface area (Å²) in [5, 5.41) is 3.51. The van der Waals surface area contributed by atoms with Crippen LogP contribution in [0.5, 0.6) is 0 Å². The molecule has 222 valence electrons. The van der Waals surface area contributed by atoms with Crippen molar-refractivity contribution in [2.75, 3.05) is 18.4 Å². The van der Waals surface area contributed by atoms with Crippen LogP contribution >= 0.6 is 0 Å². The Balaban J connectivity index is 0.00000351. The van der Waals surface area contributed by atoms with E-state index in [1.54, 1.807) is 0 Å². The van der Waals surface area contributed by atoms with Crippen LogP contribution in [0.15, 0.2) is 115 Å². The van der Waals surface area contributed by atoms with Crippen LogP contribution in [0.25, 0.3) is 79.8 Å². The van der Waals surface area contributed by atoms with Gasteiger partial charge in [0, 0.05) is 18.8 Å². The number of hydrogen-bond acceptors (Lipinski definition) is 4. The topological polar surface area (TPSA) is 92.0 Å². The summed E-state index contributed by atoms with van der Waals surface area (Å²) in [6.45, 7) is 1.07. The standard InChI is InChI=1S/C40H30N6.Zn/c41-24-25-42-40-35-22-20-33(45-35)38(27-12-6-2-7-13-27)31-18-16-29(43-31)37(26-10-4-1-5-11-26)30-17-19-32(44-30)39(28-14-8-3-9-15-28)34-21-23-36(40)46-34;/h1-23,42H,24-25,41H2;/q-2;+2. The van der Waals surface area contributed by atoms with Gasteiger partial charge in [-0.25, -0.2) is 9.97 Å². The van der Waals surface area contributed by atoms with E-state index in [0.29, 0.717) is 13.1 Å². The first kappa shape index (κ1) is 30.3. The first-order valence-corrected chi connectivity index (χ1v) is 15.4. The van der Waals surface area contributed by atoms with Crippen LogP contribution in [0, 0.1) is 0 Å². The van der Waals surface area contributed by atoms with Gasteiger partial charge >= 0.3 is 19.5 Å². The molecule has 3 N–H and O–H groups in total. The maximum atomic E-state index is 5.95. The van der Waals surface area contributed by atoms with E-state index in [1.807, 2.05) is 54.6 Å². The molecule has 0 saturated heterocycles. The zero-order valence-electron chi connectivity index (χ0n) is 25.8. The molecule has 6 nitrogen and oxygen atoms in total. The molecule has 8 rings (SSSR count). The van der Waals surface area contributed by atoms with E-state index in [-0.39, 0.29) is 19.5 Å². The van der Waals surface area contributed by atoms with E-state index >= 15 is 0 Å². The second-order valence-electron chi connectivity index (χ2n) is 11.2. The average Bonchev–Trinajstić information content (AvgIpc) is 3.93. The second-order valence-corrected chi connectivity index (χ2v) is 11.2. The number of nitrogens with one attached hydrogen (secondary N) is 1. The molecule has 0 fully saturated rings. The van der Waals surface area contributed by atoms with Gasteiger partial charge in [0.25, 0.3) is 0 Å². The molecular weight excluding hydrogens is 630 g/mol. The van der Waals surface area contributed by atoms with Crippen molar-refractivity contribution in [1.29, 1.82) is 0 Å². The van der Waals surface area contributed by atoms with E-state index < -0.39 is 0 Å². The molecule has 2 aliphatic rings. The van der Waals surface area contributed by atoms with Gasteiger partial charge in [-0.05, 0) is 57.7 Å². The minimum absolute atomic E-state index is 0. The van der Waals surface area contributed by atoms with Crippen LogP contribution in [-0.4, -0.2) is 23.1 Å². The molecule has 0 unspecified atom stereocenters. The molecule has 7 heteroatoms. The summed E-state index contributed by atoms with van der Waals surface area (Å²) in [7, 11) is 0. The summed E-state index contributed by atoms with van der Waals surface area (Å²) >= 11 is 0. The number of hydrogen-bond donors (Lipinski definition) is 2. The molecule has 5 heterocycles. The Labute approximate surface area is 285 Å². The Bertz CT molecular complexity index is 2250. The summed E-state index contributed by atoms with van der Waals surface area (Å²) in [5.74, 6) is 0. The number of rotatable bonds is 6. The third-order valence-electron chi connectivity index (χ3n) is 8.24. The molecule has 2 aliphatic heterocycles. The van der Waals surface area contributed by atoms with E-state index in [0.717, 1.165) is 83.9 Å². The van der Waals surface area contributed by atoms with Gasteiger partial charge in [-0.2, -0.15) is 0 Å². The fourth-order valence-corrected chi connectivity index (χ4v) is 6.17. The molecule has 3 aromatic heterocycles. The summed E-state index contributed by atoms with van der Waals surface area (Å²) in [4.78, 5) is 20.9. The van der Waals surface area contributed by atoms with Crippen LogP contribution in [0.1, 0.15) is 22.8 Å². The van der Waals surface area contributed by atoms with E-state index in [9.17, 15) is 0 Å². The average molecular weight is 660 g/mol. The zero-order valence-corrected chi connectivity index (χ0v) is 28.7. The first-order chi connectivity index (χ1) is 22.8. The van der Waals surface area contributed by atoms with Crippen LogP contribution in [0.4, 0.5) is 5.69 Å². The largest absolute Gasteiger partial charge is 2.00 e. The van der Waals surface area contributed by atoms with Crippen molar-refractivity contribution in [3.05, 3.63) is 138 Å². The predicted octanol–water partition coefficient (Wildman–Crippen LogP) is 8.28. The Morgan fingerprint density at radius 1 is 0.468 bits per heavy atom. The molecule has 3 aromatic carbocycles. The van der Waals surface area contributed by atoms with Crippen molar-refractivity contribution < 1.29 is 19.5 Å². The Morgan fingerprint density at radius 3 is 1.26 bits per heavy atom. The smallest absolute Gasteiger partial charge is 0.657 e. The predicted molar refractivity (Wildman–Crippen MR) is 191 cm³/mol. The normalized spacial score (nSPS) is 11.8. The number of nitrogens with two attached hydrogens (primary N) is 1. The second kappa shape index (κ2) is 13.2. The van der Waals surface area contributed by atoms with E-state index in [1.165, 1.54) is 0 Å². The SMILES string of the molecule is NCCNc1c2nc(c(-c3ccccc3)c3ccc([n-]3)c(-c3ccccc3)c3nc(c(-c4ccccc4)c4ccc1[n-]4)C=C3)C=C2.[Zn+2]. The monoisotopic (exact) mass is 658 g/mol. The fourth-order valence-electron chi connectivity index (χ4n) is 6.17. The summed E-state index contributed by atoms with van der Waals surface area (Å²) in [5.41, 5.74) is 19.5. The molecule has 0 radical (unpaired) electrons. The number of fused-ring (bicyclic) bond motifs is 8. The van der Waals surface area contributed by atoms with Crippen LogP contribution in [0.2, 0.25) is 0 Å². The quantitative estimate of drug-likeness (QED) is 0.175. The molecule has 0 amide bonds. The van der Waals surface area contributed by atoms with Gasteiger partial charge in [0.2, 0.25) is 0 Å². The van der Waals surface area contributed by atoms with Gasteiger partial charge in [-0.3, -0.25) is 0 Å². The van der Waals surface area contributed by atoms with Crippen molar-refractivity contribution in [2.45, 2.75) is 0 Å². The van der Waals surface area contributed by atoms with Crippen molar-refractivity contribution in [1.82, 2.24) is 19.9 Å². The molecule has 6 aromatic rings. The Hall–Kier alpha value is -5.36. The van der Waals surface area contributed by atoms with Gasteiger partial charge in [-0.15, -0.1) is 22.1 Å². The number of anilines is 1. The van der Waals surface area contributed by atoms with Gasteiger partial charge < -0.3 is 21.0 Å². The van der Waals surface area contributed by atoms with Crippen LogP contribution < -0.4 is 21.0 Å². The fraction of sp³-hybridized carbons (Fsp3) is 0.0500. The summed E-state index contributed by atoms with van der Waals surface area (Å²) in [6, 6.07) is 39.3. The maximum Gasteiger partial charge on any atom is 2.00 e. The van der Waals surface area contributed by atoms with E-state index in [4.69, 9.17) is 25.7 Å². The van der Waals surface area contributed by atoms with Crippen molar-refractivity contribution in [3.63, 3.8) is 0 Å². The Kier molecular flexibility index (Phi) is 8.49. The molecule has 0 saturated carbocycles. The minimum Gasteiger partial charge on any atom is -0.657 e. The van der Waals surface area contributed by atoms with Crippen LogP contribution in [0.3, 0.4) is 0 Å². The minimum atomic E-state index is 0. The van der Waals surface area contributed by atoms with Gasteiger partial charge in [0.15, 0.2) is 0 Å². The van der Waals surface area contributed by atoms with Gasteiger partial charge in [-0.1, -0.05) is 115 Å². The van der Waals surface area contributed by atoms with Gasteiger partial charge in [0.05, 0.1) is 22.8 Å². The molecule has 0 atom stereocenters. The molecule has 0 aliphatic carbocycles. The Morgan fingerprint density at radius 2 is 0.830 bits per heavy atom. The maximum absolute atomic E-state index is 5.95. The number of benzene rings is 3. The number of aromatic nitrogens is 4. The molecule has 47 heavy (non-hydrogen) atoms. The first-order valence-electron chi connectivity index (χ1n) is 15.4. The third kappa shape index (κ3) is 5.76.